The Kier molecular flexibility index (Phi) is 12.2. The molecule has 0 fully saturated rings. The number of rotatable bonds is 20. The van der Waals surface area contributed by atoms with E-state index in [1.165, 1.54) is 15.6 Å². The first-order chi connectivity index (χ1) is 19.8. The van der Waals surface area contributed by atoms with Gasteiger partial charge in [0, 0.05) is 38.2 Å². The van der Waals surface area contributed by atoms with Crippen molar-refractivity contribution in [2.75, 3.05) is 17.9 Å². The van der Waals surface area contributed by atoms with Crippen LogP contribution in [0.1, 0.15) is 55.4 Å². The van der Waals surface area contributed by atoms with Gasteiger partial charge in [-0.1, -0.05) is 35.9 Å². The van der Waals surface area contributed by atoms with Crippen LogP contribution in [0.25, 0.3) is 0 Å². The third-order valence-electron chi connectivity index (χ3n) is 6.00. The van der Waals surface area contributed by atoms with Gasteiger partial charge in [0.05, 0.1) is 30.4 Å². The summed E-state index contributed by atoms with van der Waals surface area (Å²) in [4.78, 5) is 35.1. The summed E-state index contributed by atoms with van der Waals surface area (Å²) < 4.78 is 36.6. The lowest BCUT2D eigenvalue weighted by Gasteiger charge is -2.20. The highest BCUT2D eigenvalue weighted by Crippen LogP contribution is 2.17. The van der Waals surface area contributed by atoms with E-state index >= 15 is 0 Å². The molecule has 3 aromatic rings. The van der Waals surface area contributed by atoms with Crippen LogP contribution in [0.3, 0.4) is 0 Å². The Morgan fingerprint density at radius 1 is 1.05 bits per heavy atom. The highest BCUT2D eigenvalue weighted by molar-refractivity contribution is 7.73. The molecule has 16 nitrogen and oxygen atoms in total. The molecule has 41 heavy (non-hydrogen) atoms. The number of carboxylic acid groups (broad SMARTS) is 1. The van der Waals surface area contributed by atoms with Crippen LogP contribution >= 0.6 is 0 Å². The summed E-state index contributed by atoms with van der Waals surface area (Å²) in [5, 5.41) is 26.0. The standard InChI is InChI=1S/C24H32N8O8S/c1-2-3-23(40-17-34)32-15-21(26-29-32)13-30(10-8-18-4-6-19(7-5-18)27-41(37)38)12-20-14-31(28-25-20)22(24(35)36)9-11-39-16-33/h4-7,14-17,22-23,41H,2-3,8-13H2,1H3,(H,35,36)(H,27,37,38)/t22-,23+/m0/s1. The molecule has 0 unspecified atom stereocenters. The average molecular weight is 593 g/mol. The fourth-order valence-electron chi connectivity index (χ4n) is 4.05. The van der Waals surface area contributed by atoms with Crippen molar-refractivity contribution in [1.29, 1.82) is 0 Å². The van der Waals surface area contributed by atoms with Crippen LogP contribution in [0, 0.1) is 0 Å². The minimum Gasteiger partial charge on any atom is -0.480 e. The molecular formula is C24H32N8O8S. The second kappa shape index (κ2) is 16.0. The Hall–Kier alpha value is -4.38. The van der Waals surface area contributed by atoms with Crippen LogP contribution in [-0.4, -0.2) is 80.5 Å². The quantitative estimate of drug-likeness (QED) is 0.0942. The second-order valence-corrected chi connectivity index (χ2v) is 9.73. The minimum absolute atomic E-state index is 0.0247. The maximum absolute atomic E-state index is 11.7. The summed E-state index contributed by atoms with van der Waals surface area (Å²) in [6, 6.07) is 5.91. The minimum atomic E-state index is -2.76. The first kappa shape index (κ1) is 31.2. The van der Waals surface area contributed by atoms with Crippen molar-refractivity contribution in [3.05, 3.63) is 53.6 Å². The van der Waals surface area contributed by atoms with Gasteiger partial charge in [-0.25, -0.2) is 22.6 Å². The van der Waals surface area contributed by atoms with E-state index in [-0.39, 0.29) is 19.5 Å². The fraction of sp³-hybridized carbons (Fsp3) is 0.458. The summed E-state index contributed by atoms with van der Waals surface area (Å²) in [6.07, 6.45) is 4.63. The fourth-order valence-corrected chi connectivity index (χ4v) is 4.41. The molecule has 1 aromatic carbocycles. The second-order valence-electron chi connectivity index (χ2n) is 8.99. The molecule has 2 atom stereocenters. The molecule has 3 rings (SSSR count). The molecule has 0 bridgehead atoms. The highest BCUT2D eigenvalue weighted by Gasteiger charge is 2.22. The van der Waals surface area contributed by atoms with Gasteiger partial charge >= 0.3 is 5.97 Å². The van der Waals surface area contributed by atoms with Gasteiger partial charge in [0.1, 0.15) is 0 Å². The predicted molar refractivity (Wildman–Crippen MR) is 143 cm³/mol. The van der Waals surface area contributed by atoms with Gasteiger partial charge in [0.25, 0.3) is 12.9 Å². The Morgan fingerprint density at radius 3 is 2.29 bits per heavy atom. The number of carboxylic acids is 1. The van der Waals surface area contributed by atoms with E-state index in [4.69, 9.17) is 4.74 Å². The summed E-state index contributed by atoms with van der Waals surface area (Å²) in [7, 11) is -2.76. The monoisotopic (exact) mass is 592 g/mol. The SMILES string of the molecule is CCC[C@@H](OC=O)n1cc(CN(CCc2ccc(N[SH](=O)=O)cc2)Cc2cn([C@@H](CCOC=O)C(=O)O)nn2)nn1. The number of nitrogens with zero attached hydrogens (tertiary/aromatic N) is 7. The molecule has 2 N–H and O–H groups in total. The zero-order chi connectivity index (χ0) is 29.6. The Labute approximate surface area is 237 Å². The molecule has 0 spiro atoms. The van der Waals surface area contributed by atoms with Crippen molar-refractivity contribution in [2.45, 2.75) is 58.0 Å². The highest BCUT2D eigenvalue weighted by atomic mass is 32.2. The van der Waals surface area contributed by atoms with Crippen molar-refractivity contribution in [3.8, 4) is 0 Å². The van der Waals surface area contributed by atoms with Crippen molar-refractivity contribution < 1.29 is 37.4 Å². The number of carbonyl (C=O) groups excluding carboxylic acids is 2. The molecule has 17 heteroatoms. The van der Waals surface area contributed by atoms with Gasteiger partial charge < -0.3 is 14.6 Å². The summed E-state index contributed by atoms with van der Waals surface area (Å²) in [5.41, 5.74) is 2.53. The van der Waals surface area contributed by atoms with E-state index in [0.29, 0.717) is 56.0 Å². The largest absolute Gasteiger partial charge is 0.480 e. The van der Waals surface area contributed by atoms with E-state index in [0.717, 1.165) is 12.0 Å². The van der Waals surface area contributed by atoms with E-state index in [1.54, 1.807) is 18.3 Å². The Bertz CT molecular complexity index is 1340. The number of benzene rings is 1. The Morgan fingerprint density at radius 2 is 1.71 bits per heavy atom. The number of aromatic nitrogens is 6. The van der Waals surface area contributed by atoms with E-state index in [9.17, 15) is 27.9 Å². The van der Waals surface area contributed by atoms with Crippen LogP contribution in [0.15, 0.2) is 36.7 Å². The van der Waals surface area contributed by atoms with Crippen LogP contribution in [0.4, 0.5) is 5.69 Å². The van der Waals surface area contributed by atoms with E-state index in [2.05, 4.69) is 30.1 Å². The molecule has 0 radical (unpaired) electrons. The molecule has 2 aromatic heterocycles. The molecule has 0 saturated heterocycles. The average Bonchev–Trinajstić information content (AvgIpc) is 3.60. The molecule has 0 aliphatic rings. The number of hydrogen-bond donors (Lipinski definition) is 3. The van der Waals surface area contributed by atoms with Gasteiger partial charge in [-0.3, -0.25) is 19.2 Å². The number of aliphatic carboxylic acids is 1. The van der Waals surface area contributed by atoms with Crippen molar-refractivity contribution in [1.82, 2.24) is 34.9 Å². The molecule has 2 heterocycles. The molecule has 0 aliphatic heterocycles. The van der Waals surface area contributed by atoms with Crippen LogP contribution in [0.5, 0.6) is 0 Å². The van der Waals surface area contributed by atoms with Crippen molar-refractivity contribution in [3.63, 3.8) is 0 Å². The van der Waals surface area contributed by atoms with Crippen LogP contribution < -0.4 is 4.72 Å². The molecule has 222 valence electrons. The van der Waals surface area contributed by atoms with Gasteiger partial charge in [0.15, 0.2) is 12.3 Å². The van der Waals surface area contributed by atoms with Gasteiger partial charge in [-0.2, -0.15) is 0 Å². The number of thiol groups is 1. The molecule has 0 aliphatic carbocycles. The molecular weight excluding hydrogens is 560 g/mol. The van der Waals surface area contributed by atoms with Gasteiger partial charge in [-0.05, 0) is 24.1 Å². The van der Waals surface area contributed by atoms with E-state index in [1.807, 2.05) is 24.0 Å². The van der Waals surface area contributed by atoms with Crippen LogP contribution in [-0.2, 0) is 54.3 Å². The zero-order valence-corrected chi connectivity index (χ0v) is 23.2. The maximum atomic E-state index is 11.7. The molecule has 0 amide bonds. The lowest BCUT2D eigenvalue weighted by atomic mass is 10.1. The first-order valence-electron chi connectivity index (χ1n) is 12.7. The number of carbonyl (C=O) groups is 3. The third kappa shape index (κ3) is 9.95. The maximum Gasteiger partial charge on any atom is 0.328 e. The number of ether oxygens (including phenoxy) is 2. The zero-order valence-electron chi connectivity index (χ0n) is 22.3. The van der Waals surface area contributed by atoms with Crippen molar-refractivity contribution >= 4 is 35.5 Å². The summed E-state index contributed by atoms with van der Waals surface area (Å²) in [6.45, 7) is 3.68. The number of nitrogens with one attached hydrogen (secondary N) is 1. The summed E-state index contributed by atoms with van der Waals surface area (Å²) in [5.74, 6) is -1.14. The molecule has 0 saturated carbocycles. The van der Waals surface area contributed by atoms with E-state index < -0.39 is 29.1 Å². The number of anilines is 1. The lowest BCUT2D eigenvalue weighted by Crippen LogP contribution is -2.26. The summed E-state index contributed by atoms with van der Waals surface area (Å²) >= 11 is 0. The number of hydrogen-bond acceptors (Lipinski definition) is 12. The third-order valence-corrected chi connectivity index (χ3v) is 6.44. The lowest BCUT2D eigenvalue weighted by molar-refractivity contribution is -0.143. The predicted octanol–water partition coefficient (Wildman–Crippen LogP) is 0.713. The van der Waals surface area contributed by atoms with Gasteiger partial charge in [-0.15, -0.1) is 10.2 Å². The van der Waals surface area contributed by atoms with Crippen LogP contribution in [0.2, 0.25) is 0 Å². The van der Waals surface area contributed by atoms with Gasteiger partial charge in [0.2, 0.25) is 10.9 Å². The van der Waals surface area contributed by atoms with Crippen molar-refractivity contribution in [2.24, 2.45) is 0 Å². The smallest absolute Gasteiger partial charge is 0.328 e. The first-order valence-corrected chi connectivity index (χ1v) is 13.9. The normalized spacial score (nSPS) is 12.7. The Balaban J connectivity index is 1.76. The topological polar surface area (TPSA) is 201 Å².